The first kappa shape index (κ1) is 14.4. The van der Waals surface area contributed by atoms with Crippen molar-refractivity contribution in [2.24, 2.45) is 5.73 Å². The van der Waals surface area contributed by atoms with Crippen LogP contribution < -0.4 is 10.6 Å². The number of benzene rings is 1. The molecule has 1 heterocycles. The average Bonchev–Trinajstić information content (AvgIpc) is 2.42. The van der Waals surface area contributed by atoms with E-state index in [1.165, 1.54) is 30.6 Å². The van der Waals surface area contributed by atoms with Gasteiger partial charge in [-0.05, 0) is 52.4 Å². The van der Waals surface area contributed by atoms with E-state index in [1.807, 2.05) is 0 Å². The molecule has 0 amide bonds. The second kappa shape index (κ2) is 5.93. The number of hydrogen-bond acceptors (Lipinski definition) is 3. The van der Waals surface area contributed by atoms with E-state index in [9.17, 15) is 0 Å². The molecular weight excluding hydrogens is 234 g/mol. The molecule has 0 bridgehead atoms. The van der Waals surface area contributed by atoms with Crippen molar-refractivity contribution in [1.82, 2.24) is 4.90 Å². The topological polar surface area (TPSA) is 32.5 Å². The first-order chi connectivity index (χ1) is 9.11. The Hall–Kier alpha value is -1.06. The standard InChI is InChI=1S/C16H27N3/c1-4-19(15-8-6-14(2)7-9-15)16(12-17)10-5-11-18(3)13-16/h6-9H,4-5,10-13,17H2,1-3H3. The number of likely N-dealkylation sites (tertiary alicyclic amines) is 1. The summed E-state index contributed by atoms with van der Waals surface area (Å²) in [4.78, 5) is 4.91. The Kier molecular flexibility index (Phi) is 4.48. The van der Waals surface area contributed by atoms with Gasteiger partial charge < -0.3 is 15.5 Å². The summed E-state index contributed by atoms with van der Waals surface area (Å²) in [7, 11) is 2.20. The smallest absolute Gasteiger partial charge is 0.0650 e. The zero-order valence-electron chi connectivity index (χ0n) is 12.5. The van der Waals surface area contributed by atoms with E-state index >= 15 is 0 Å². The fourth-order valence-corrected chi connectivity index (χ4v) is 3.35. The van der Waals surface area contributed by atoms with Crippen LogP contribution in [0.4, 0.5) is 5.69 Å². The van der Waals surface area contributed by atoms with E-state index in [-0.39, 0.29) is 5.54 Å². The van der Waals surface area contributed by atoms with Crippen molar-refractivity contribution in [3.8, 4) is 0 Å². The summed E-state index contributed by atoms with van der Waals surface area (Å²) in [5.41, 5.74) is 8.88. The van der Waals surface area contributed by atoms with E-state index in [2.05, 4.69) is 55.0 Å². The van der Waals surface area contributed by atoms with Crippen LogP contribution in [0.1, 0.15) is 25.3 Å². The van der Waals surface area contributed by atoms with E-state index in [0.29, 0.717) is 0 Å². The van der Waals surface area contributed by atoms with Crippen LogP contribution in [-0.4, -0.2) is 43.7 Å². The van der Waals surface area contributed by atoms with Crippen LogP contribution >= 0.6 is 0 Å². The Balaban J connectivity index is 2.30. The molecule has 0 spiro atoms. The summed E-state index contributed by atoms with van der Waals surface area (Å²) in [6.45, 7) is 8.34. The highest BCUT2D eigenvalue weighted by molar-refractivity contribution is 5.50. The molecule has 19 heavy (non-hydrogen) atoms. The Labute approximate surface area is 117 Å². The van der Waals surface area contributed by atoms with Crippen molar-refractivity contribution in [2.75, 3.05) is 38.1 Å². The minimum Gasteiger partial charge on any atom is -0.364 e. The zero-order chi connectivity index (χ0) is 13.9. The second-order valence-corrected chi connectivity index (χ2v) is 5.85. The maximum absolute atomic E-state index is 6.18. The minimum atomic E-state index is 0.0943. The van der Waals surface area contributed by atoms with E-state index in [4.69, 9.17) is 5.73 Å². The van der Waals surface area contributed by atoms with Crippen LogP contribution in [0.15, 0.2) is 24.3 Å². The van der Waals surface area contributed by atoms with Crippen molar-refractivity contribution < 1.29 is 0 Å². The molecule has 0 radical (unpaired) electrons. The highest BCUT2D eigenvalue weighted by Gasteiger charge is 2.38. The highest BCUT2D eigenvalue weighted by Crippen LogP contribution is 2.31. The lowest BCUT2D eigenvalue weighted by Crippen LogP contribution is -2.62. The third-order valence-electron chi connectivity index (χ3n) is 4.36. The number of rotatable bonds is 4. The number of piperidine rings is 1. The normalized spacial score (nSPS) is 24.4. The SMILES string of the molecule is CCN(c1ccc(C)cc1)C1(CN)CCCN(C)C1. The number of anilines is 1. The molecule has 1 saturated heterocycles. The maximum Gasteiger partial charge on any atom is 0.0650 e. The van der Waals surface area contributed by atoms with Crippen LogP contribution in [0.3, 0.4) is 0 Å². The van der Waals surface area contributed by atoms with Crippen LogP contribution in [0.5, 0.6) is 0 Å². The largest absolute Gasteiger partial charge is 0.364 e. The maximum atomic E-state index is 6.18. The van der Waals surface area contributed by atoms with Gasteiger partial charge in [-0.2, -0.15) is 0 Å². The molecule has 2 rings (SSSR count). The molecule has 3 heteroatoms. The van der Waals surface area contributed by atoms with E-state index in [0.717, 1.165) is 19.6 Å². The van der Waals surface area contributed by atoms with Gasteiger partial charge in [-0.25, -0.2) is 0 Å². The third kappa shape index (κ3) is 2.93. The van der Waals surface area contributed by atoms with Crippen LogP contribution in [-0.2, 0) is 0 Å². The summed E-state index contributed by atoms with van der Waals surface area (Å²) >= 11 is 0. The Morgan fingerprint density at radius 2 is 2.00 bits per heavy atom. The van der Waals surface area contributed by atoms with Crippen LogP contribution in [0.25, 0.3) is 0 Å². The van der Waals surface area contributed by atoms with Gasteiger partial charge in [-0.1, -0.05) is 17.7 Å². The monoisotopic (exact) mass is 261 g/mol. The number of hydrogen-bond donors (Lipinski definition) is 1. The lowest BCUT2D eigenvalue weighted by atomic mass is 9.86. The lowest BCUT2D eigenvalue weighted by Gasteiger charge is -2.49. The van der Waals surface area contributed by atoms with Crippen LogP contribution in [0, 0.1) is 6.92 Å². The molecule has 1 atom stereocenters. The molecule has 1 aromatic rings. The average molecular weight is 261 g/mol. The first-order valence-corrected chi connectivity index (χ1v) is 7.34. The summed E-state index contributed by atoms with van der Waals surface area (Å²) in [6.07, 6.45) is 2.42. The number of nitrogens with two attached hydrogens (primary N) is 1. The summed E-state index contributed by atoms with van der Waals surface area (Å²) in [5.74, 6) is 0. The third-order valence-corrected chi connectivity index (χ3v) is 4.36. The molecule has 106 valence electrons. The van der Waals surface area contributed by atoms with Gasteiger partial charge >= 0.3 is 0 Å². The quantitative estimate of drug-likeness (QED) is 0.902. The highest BCUT2D eigenvalue weighted by atomic mass is 15.3. The van der Waals surface area contributed by atoms with Crippen LogP contribution in [0.2, 0.25) is 0 Å². The van der Waals surface area contributed by atoms with Gasteiger partial charge in [-0.3, -0.25) is 0 Å². The summed E-state index contributed by atoms with van der Waals surface area (Å²) in [5, 5.41) is 0. The van der Waals surface area contributed by atoms with Gasteiger partial charge in [-0.15, -0.1) is 0 Å². The molecule has 3 nitrogen and oxygen atoms in total. The number of nitrogens with zero attached hydrogens (tertiary/aromatic N) is 2. The molecule has 0 saturated carbocycles. The van der Waals surface area contributed by atoms with Crippen molar-refractivity contribution in [3.63, 3.8) is 0 Å². The Bertz CT molecular complexity index is 401. The Morgan fingerprint density at radius 3 is 2.53 bits per heavy atom. The summed E-state index contributed by atoms with van der Waals surface area (Å²) in [6, 6.07) is 8.83. The van der Waals surface area contributed by atoms with Gasteiger partial charge in [0.25, 0.3) is 0 Å². The van der Waals surface area contributed by atoms with Gasteiger partial charge in [0.1, 0.15) is 0 Å². The molecule has 0 aliphatic carbocycles. The minimum absolute atomic E-state index is 0.0943. The summed E-state index contributed by atoms with van der Waals surface area (Å²) < 4.78 is 0. The van der Waals surface area contributed by atoms with Crippen molar-refractivity contribution in [2.45, 2.75) is 32.2 Å². The molecule has 1 aromatic carbocycles. The molecule has 2 N–H and O–H groups in total. The molecule has 1 aliphatic rings. The first-order valence-electron chi connectivity index (χ1n) is 7.34. The van der Waals surface area contributed by atoms with Gasteiger partial charge in [0.15, 0.2) is 0 Å². The molecule has 1 unspecified atom stereocenters. The van der Waals surface area contributed by atoms with Gasteiger partial charge in [0, 0.05) is 25.3 Å². The number of aryl methyl sites for hydroxylation is 1. The van der Waals surface area contributed by atoms with Crippen molar-refractivity contribution in [3.05, 3.63) is 29.8 Å². The van der Waals surface area contributed by atoms with E-state index in [1.54, 1.807) is 0 Å². The Morgan fingerprint density at radius 1 is 1.32 bits per heavy atom. The van der Waals surface area contributed by atoms with Crippen molar-refractivity contribution >= 4 is 5.69 Å². The van der Waals surface area contributed by atoms with Gasteiger partial charge in [0.2, 0.25) is 0 Å². The van der Waals surface area contributed by atoms with E-state index < -0.39 is 0 Å². The molecule has 1 aliphatic heterocycles. The van der Waals surface area contributed by atoms with Crippen molar-refractivity contribution in [1.29, 1.82) is 0 Å². The molecule has 1 fully saturated rings. The molecular formula is C16H27N3. The fraction of sp³-hybridized carbons (Fsp3) is 0.625. The second-order valence-electron chi connectivity index (χ2n) is 5.85. The molecule has 0 aromatic heterocycles. The fourth-order valence-electron chi connectivity index (χ4n) is 3.35. The number of likely N-dealkylation sites (N-methyl/N-ethyl adjacent to an activating group) is 2. The lowest BCUT2D eigenvalue weighted by molar-refractivity contribution is 0.175. The van der Waals surface area contributed by atoms with Gasteiger partial charge in [0.05, 0.1) is 5.54 Å². The zero-order valence-corrected chi connectivity index (χ0v) is 12.5. The predicted octanol–water partition coefficient (Wildman–Crippen LogP) is 2.24. The predicted molar refractivity (Wildman–Crippen MR) is 82.7 cm³/mol.